The highest BCUT2D eigenvalue weighted by Gasteiger charge is 2.23. The van der Waals surface area contributed by atoms with Gasteiger partial charge in [-0.15, -0.1) is 5.10 Å². The molecule has 0 amide bonds. The van der Waals surface area contributed by atoms with Crippen molar-refractivity contribution in [1.29, 1.82) is 5.26 Å². The zero-order valence-corrected chi connectivity index (χ0v) is 11.0. The van der Waals surface area contributed by atoms with Crippen LogP contribution in [0.25, 0.3) is 5.69 Å². The van der Waals surface area contributed by atoms with Crippen molar-refractivity contribution in [2.24, 2.45) is 0 Å². The highest BCUT2D eigenvalue weighted by molar-refractivity contribution is 5.30. The first-order valence-electron chi connectivity index (χ1n) is 6.55. The molecule has 0 aliphatic carbocycles. The fourth-order valence-corrected chi connectivity index (χ4v) is 2.32. The van der Waals surface area contributed by atoms with E-state index in [4.69, 9.17) is 0 Å². The average molecular weight is 269 g/mol. The summed E-state index contributed by atoms with van der Waals surface area (Å²) in [7, 11) is 0. The lowest BCUT2D eigenvalue weighted by molar-refractivity contribution is 0.183. The van der Waals surface area contributed by atoms with E-state index >= 15 is 0 Å². The van der Waals surface area contributed by atoms with Gasteiger partial charge in [-0.2, -0.15) is 9.94 Å². The van der Waals surface area contributed by atoms with E-state index in [0.29, 0.717) is 13.1 Å². The lowest BCUT2D eigenvalue weighted by Crippen LogP contribution is -2.50. The van der Waals surface area contributed by atoms with Gasteiger partial charge in [0, 0.05) is 19.6 Å². The van der Waals surface area contributed by atoms with Crippen molar-refractivity contribution in [3.05, 3.63) is 36.2 Å². The quantitative estimate of drug-likeness (QED) is 0.842. The van der Waals surface area contributed by atoms with Crippen LogP contribution in [0.4, 0.5) is 0 Å². The SMILES string of the molecule is N#CC1CNCCN1Cc1nnnn1-c1ccccc1. The number of hydrogen-bond donors (Lipinski definition) is 1. The lowest BCUT2D eigenvalue weighted by atomic mass is 10.2. The summed E-state index contributed by atoms with van der Waals surface area (Å²) >= 11 is 0. The third-order valence-electron chi connectivity index (χ3n) is 3.38. The molecule has 1 unspecified atom stereocenters. The minimum absolute atomic E-state index is 0.135. The molecule has 1 saturated heterocycles. The second-order valence-corrected chi connectivity index (χ2v) is 4.66. The Morgan fingerprint density at radius 3 is 3.00 bits per heavy atom. The molecular formula is C13H15N7. The Morgan fingerprint density at radius 2 is 2.20 bits per heavy atom. The van der Waals surface area contributed by atoms with Crippen molar-refractivity contribution in [2.75, 3.05) is 19.6 Å². The number of benzene rings is 1. The van der Waals surface area contributed by atoms with Crippen LogP contribution in [0.2, 0.25) is 0 Å². The first-order chi connectivity index (χ1) is 9.88. The summed E-state index contributed by atoms with van der Waals surface area (Å²) in [6.07, 6.45) is 0. The van der Waals surface area contributed by atoms with Crippen LogP contribution in [0.1, 0.15) is 5.82 Å². The molecule has 3 rings (SSSR count). The summed E-state index contributed by atoms with van der Waals surface area (Å²) in [6.45, 7) is 2.95. The number of rotatable bonds is 3. The van der Waals surface area contributed by atoms with Gasteiger partial charge in [0.15, 0.2) is 5.82 Å². The van der Waals surface area contributed by atoms with E-state index in [0.717, 1.165) is 24.6 Å². The largest absolute Gasteiger partial charge is 0.313 e. The first-order valence-corrected chi connectivity index (χ1v) is 6.55. The summed E-state index contributed by atoms with van der Waals surface area (Å²) < 4.78 is 1.72. The van der Waals surface area contributed by atoms with Gasteiger partial charge in [0.05, 0.1) is 18.3 Å². The second kappa shape index (κ2) is 5.77. The molecule has 0 saturated carbocycles. The molecule has 0 spiro atoms. The first kappa shape index (κ1) is 12.7. The van der Waals surface area contributed by atoms with Crippen LogP contribution in [0, 0.1) is 11.3 Å². The third kappa shape index (κ3) is 2.52. The fraction of sp³-hybridized carbons (Fsp3) is 0.385. The Labute approximate surface area is 116 Å². The molecule has 0 radical (unpaired) electrons. The van der Waals surface area contributed by atoms with Crippen molar-refractivity contribution in [2.45, 2.75) is 12.6 Å². The Balaban J connectivity index is 1.82. The summed E-state index contributed by atoms with van der Waals surface area (Å²) in [5.41, 5.74) is 0.927. The second-order valence-electron chi connectivity index (χ2n) is 4.66. The van der Waals surface area contributed by atoms with Crippen molar-refractivity contribution < 1.29 is 0 Å². The van der Waals surface area contributed by atoms with E-state index in [1.54, 1.807) is 4.68 Å². The number of tetrazole rings is 1. The molecule has 102 valence electrons. The smallest absolute Gasteiger partial charge is 0.170 e. The van der Waals surface area contributed by atoms with E-state index in [9.17, 15) is 5.26 Å². The van der Waals surface area contributed by atoms with Crippen molar-refractivity contribution in [3.8, 4) is 11.8 Å². The molecule has 7 heteroatoms. The molecule has 0 bridgehead atoms. The molecule has 2 aromatic rings. The number of para-hydroxylation sites is 1. The number of nitrogens with zero attached hydrogens (tertiary/aromatic N) is 6. The van der Waals surface area contributed by atoms with Crippen LogP contribution in [0.5, 0.6) is 0 Å². The Hall–Kier alpha value is -2.30. The summed E-state index contributed by atoms with van der Waals surface area (Å²) in [6, 6.07) is 11.9. The number of piperazine rings is 1. The third-order valence-corrected chi connectivity index (χ3v) is 3.38. The predicted molar refractivity (Wildman–Crippen MR) is 71.8 cm³/mol. The highest BCUT2D eigenvalue weighted by atomic mass is 15.5. The van der Waals surface area contributed by atoms with Crippen molar-refractivity contribution >= 4 is 0 Å². The van der Waals surface area contributed by atoms with Gasteiger partial charge < -0.3 is 5.32 Å². The number of aromatic nitrogens is 4. The van der Waals surface area contributed by atoms with Crippen molar-refractivity contribution in [3.63, 3.8) is 0 Å². The highest BCUT2D eigenvalue weighted by Crippen LogP contribution is 2.11. The minimum Gasteiger partial charge on any atom is -0.313 e. The average Bonchev–Trinajstić information content (AvgIpc) is 2.97. The van der Waals surface area contributed by atoms with E-state index in [-0.39, 0.29) is 6.04 Å². The van der Waals surface area contributed by atoms with E-state index in [1.807, 2.05) is 30.3 Å². The summed E-state index contributed by atoms with van der Waals surface area (Å²) in [5.74, 6) is 0.748. The van der Waals surface area contributed by atoms with Crippen LogP contribution in [0.3, 0.4) is 0 Å². The number of hydrogen-bond acceptors (Lipinski definition) is 6. The summed E-state index contributed by atoms with van der Waals surface area (Å²) in [4.78, 5) is 2.10. The van der Waals surface area contributed by atoms with Gasteiger partial charge in [-0.05, 0) is 22.6 Å². The van der Waals surface area contributed by atoms with Gasteiger partial charge in [0.2, 0.25) is 0 Å². The van der Waals surface area contributed by atoms with E-state index < -0.39 is 0 Å². The molecule has 1 atom stereocenters. The maximum atomic E-state index is 9.19. The topological polar surface area (TPSA) is 82.7 Å². The van der Waals surface area contributed by atoms with Crippen LogP contribution in [0.15, 0.2) is 30.3 Å². The monoisotopic (exact) mass is 269 g/mol. The molecule has 1 fully saturated rings. The van der Waals surface area contributed by atoms with Gasteiger partial charge >= 0.3 is 0 Å². The maximum absolute atomic E-state index is 9.19. The fourth-order valence-electron chi connectivity index (χ4n) is 2.32. The molecular weight excluding hydrogens is 254 g/mol. The maximum Gasteiger partial charge on any atom is 0.170 e. The Bertz CT molecular complexity index is 601. The zero-order chi connectivity index (χ0) is 13.8. The minimum atomic E-state index is -0.135. The molecule has 1 aliphatic heterocycles. The van der Waals surface area contributed by atoms with Gasteiger partial charge in [0.25, 0.3) is 0 Å². The lowest BCUT2D eigenvalue weighted by Gasteiger charge is -2.31. The normalized spacial score (nSPS) is 19.6. The standard InChI is InChI=1S/C13H15N7/c14-8-12-9-15-6-7-19(12)10-13-16-17-18-20(13)11-4-2-1-3-5-11/h1-5,12,15H,6-7,9-10H2. The van der Waals surface area contributed by atoms with Gasteiger partial charge in [-0.1, -0.05) is 18.2 Å². The van der Waals surface area contributed by atoms with Crippen LogP contribution in [-0.2, 0) is 6.54 Å². The molecule has 1 aromatic heterocycles. The van der Waals surface area contributed by atoms with Gasteiger partial charge in [0.1, 0.15) is 6.04 Å². The van der Waals surface area contributed by atoms with Crippen molar-refractivity contribution in [1.82, 2.24) is 30.4 Å². The molecule has 2 heterocycles. The van der Waals surface area contributed by atoms with Gasteiger partial charge in [-0.25, -0.2) is 0 Å². The molecule has 1 N–H and O–H groups in total. The Morgan fingerprint density at radius 1 is 1.35 bits per heavy atom. The number of nitriles is 1. The predicted octanol–water partition coefficient (Wildman–Crippen LogP) is -0.0403. The molecule has 1 aromatic carbocycles. The van der Waals surface area contributed by atoms with E-state index in [2.05, 4.69) is 31.8 Å². The zero-order valence-electron chi connectivity index (χ0n) is 11.0. The van der Waals surface area contributed by atoms with Crippen LogP contribution in [-0.4, -0.2) is 50.8 Å². The van der Waals surface area contributed by atoms with Crippen LogP contribution < -0.4 is 5.32 Å². The van der Waals surface area contributed by atoms with E-state index in [1.165, 1.54) is 0 Å². The van der Waals surface area contributed by atoms with Crippen LogP contribution >= 0.6 is 0 Å². The molecule has 7 nitrogen and oxygen atoms in total. The number of nitrogens with one attached hydrogen (secondary N) is 1. The summed E-state index contributed by atoms with van der Waals surface area (Å²) in [5, 5.41) is 24.3. The Kier molecular flexibility index (Phi) is 3.67. The molecule has 1 aliphatic rings. The van der Waals surface area contributed by atoms with Gasteiger partial charge in [-0.3, -0.25) is 4.90 Å². The molecule has 20 heavy (non-hydrogen) atoms.